The van der Waals surface area contributed by atoms with Crippen LogP contribution in [0.3, 0.4) is 0 Å². The van der Waals surface area contributed by atoms with Crippen LogP contribution < -0.4 is 0 Å². The molecular formula is C8H5N3O2S. The predicted octanol–water partition coefficient (Wildman–Crippen LogP) is 1.30. The van der Waals surface area contributed by atoms with Gasteiger partial charge in [0.25, 0.3) is 0 Å². The van der Waals surface area contributed by atoms with Crippen molar-refractivity contribution in [3.63, 3.8) is 0 Å². The lowest BCUT2D eigenvalue weighted by molar-refractivity contribution is 0.0702. The molecule has 0 aliphatic carbocycles. The van der Waals surface area contributed by atoms with Gasteiger partial charge in [0.1, 0.15) is 4.88 Å². The molecule has 0 radical (unpaired) electrons. The molecule has 0 fully saturated rings. The van der Waals surface area contributed by atoms with E-state index in [9.17, 15) is 4.79 Å². The highest BCUT2D eigenvalue weighted by Gasteiger charge is 2.09. The zero-order valence-corrected chi connectivity index (χ0v) is 7.73. The Hall–Kier alpha value is -1.82. The molecule has 2 rings (SSSR count). The number of hydrogen-bond acceptors (Lipinski definition) is 5. The van der Waals surface area contributed by atoms with Crippen molar-refractivity contribution in [2.75, 3.05) is 0 Å². The van der Waals surface area contributed by atoms with Gasteiger partial charge in [0.15, 0.2) is 0 Å². The molecule has 0 aliphatic heterocycles. The van der Waals surface area contributed by atoms with Gasteiger partial charge in [-0.2, -0.15) is 14.6 Å². The van der Waals surface area contributed by atoms with Gasteiger partial charge in [-0.05, 0) is 23.7 Å². The smallest absolute Gasteiger partial charge is 0.347 e. The first kappa shape index (κ1) is 8.76. The fourth-order valence-electron chi connectivity index (χ4n) is 0.954. The largest absolute Gasteiger partial charge is 0.477 e. The SMILES string of the molecule is O=C(O)c1cc(-c2ccnnc2)ns1. The molecule has 5 nitrogen and oxygen atoms in total. The van der Waals surface area contributed by atoms with E-state index < -0.39 is 5.97 Å². The fourth-order valence-corrected chi connectivity index (χ4v) is 1.55. The Morgan fingerprint density at radius 1 is 1.43 bits per heavy atom. The van der Waals surface area contributed by atoms with Crippen molar-refractivity contribution >= 4 is 17.5 Å². The van der Waals surface area contributed by atoms with E-state index in [0.29, 0.717) is 5.69 Å². The summed E-state index contributed by atoms with van der Waals surface area (Å²) < 4.78 is 4.00. The molecule has 70 valence electrons. The van der Waals surface area contributed by atoms with Crippen LogP contribution in [0.25, 0.3) is 11.3 Å². The molecular weight excluding hydrogens is 202 g/mol. The van der Waals surface area contributed by atoms with Gasteiger partial charge >= 0.3 is 5.97 Å². The maximum Gasteiger partial charge on any atom is 0.347 e. The Morgan fingerprint density at radius 3 is 2.86 bits per heavy atom. The van der Waals surface area contributed by atoms with E-state index in [4.69, 9.17) is 5.11 Å². The summed E-state index contributed by atoms with van der Waals surface area (Å²) in [5.41, 5.74) is 1.38. The van der Waals surface area contributed by atoms with Gasteiger partial charge in [-0.3, -0.25) is 0 Å². The fraction of sp³-hybridized carbons (Fsp3) is 0. The molecule has 2 heterocycles. The van der Waals surface area contributed by atoms with Crippen molar-refractivity contribution in [3.05, 3.63) is 29.4 Å². The highest BCUT2D eigenvalue weighted by molar-refractivity contribution is 7.08. The molecule has 2 aromatic heterocycles. The first-order valence-corrected chi connectivity index (χ1v) is 4.52. The number of aromatic carboxylic acids is 1. The van der Waals surface area contributed by atoms with Crippen molar-refractivity contribution in [3.8, 4) is 11.3 Å². The van der Waals surface area contributed by atoms with Crippen LogP contribution in [0.4, 0.5) is 0 Å². The van der Waals surface area contributed by atoms with Crippen molar-refractivity contribution in [2.24, 2.45) is 0 Å². The molecule has 1 N–H and O–H groups in total. The summed E-state index contributed by atoms with van der Waals surface area (Å²) in [7, 11) is 0. The van der Waals surface area contributed by atoms with Crippen LogP contribution in [0, 0.1) is 0 Å². The summed E-state index contributed by atoms with van der Waals surface area (Å²) in [6.07, 6.45) is 3.08. The molecule has 0 saturated heterocycles. The maximum absolute atomic E-state index is 10.6. The Labute approximate surface area is 83.2 Å². The van der Waals surface area contributed by atoms with E-state index >= 15 is 0 Å². The summed E-state index contributed by atoms with van der Waals surface area (Å²) >= 11 is 0.955. The van der Waals surface area contributed by atoms with Gasteiger partial charge in [0.05, 0.1) is 18.1 Å². The van der Waals surface area contributed by atoms with Crippen molar-refractivity contribution < 1.29 is 9.90 Å². The Morgan fingerprint density at radius 2 is 2.29 bits per heavy atom. The van der Waals surface area contributed by atoms with Gasteiger partial charge in [-0.15, -0.1) is 0 Å². The second-order valence-corrected chi connectivity index (χ2v) is 3.32. The van der Waals surface area contributed by atoms with Gasteiger partial charge in [0, 0.05) is 5.56 Å². The minimum atomic E-state index is -0.962. The Bertz CT molecular complexity index is 455. The Balaban J connectivity index is 2.39. The number of rotatable bonds is 2. The van der Waals surface area contributed by atoms with Crippen LogP contribution >= 0.6 is 11.5 Å². The molecule has 0 saturated carbocycles. The predicted molar refractivity (Wildman–Crippen MR) is 50.1 cm³/mol. The number of aromatic nitrogens is 3. The third-order valence-electron chi connectivity index (χ3n) is 1.60. The van der Waals surface area contributed by atoms with Gasteiger partial charge in [0.2, 0.25) is 0 Å². The molecule has 14 heavy (non-hydrogen) atoms. The summed E-state index contributed by atoms with van der Waals surface area (Å²) in [5.74, 6) is -0.962. The lowest BCUT2D eigenvalue weighted by Crippen LogP contribution is -1.90. The van der Waals surface area contributed by atoms with E-state index in [-0.39, 0.29) is 4.88 Å². The van der Waals surface area contributed by atoms with E-state index in [1.54, 1.807) is 12.3 Å². The summed E-state index contributed by atoms with van der Waals surface area (Å²) in [4.78, 5) is 10.8. The Kier molecular flexibility index (Phi) is 2.19. The molecule has 0 spiro atoms. The first-order chi connectivity index (χ1) is 6.77. The quantitative estimate of drug-likeness (QED) is 0.803. The second kappa shape index (κ2) is 3.51. The van der Waals surface area contributed by atoms with Crippen molar-refractivity contribution in [2.45, 2.75) is 0 Å². The average Bonchev–Trinajstić information content (AvgIpc) is 2.68. The zero-order chi connectivity index (χ0) is 9.97. The zero-order valence-electron chi connectivity index (χ0n) is 6.91. The molecule has 0 aromatic carbocycles. The number of carbonyl (C=O) groups is 1. The van der Waals surface area contributed by atoms with Crippen LogP contribution in [-0.4, -0.2) is 25.6 Å². The standard InChI is InChI=1S/C8H5N3O2S/c12-8(13)7-3-6(11-14-7)5-1-2-9-10-4-5/h1-4H,(H,12,13). The number of carboxylic acids is 1. The molecule has 0 bridgehead atoms. The van der Waals surface area contributed by atoms with Gasteiger partial charge < -0.3 is 5.11 Å². The third-order valence-corrected chi connectivity index (χ3v) is 2.38. The normalized spacial score (nSPS) is 10.0. The van der Waals surface area contributed by atoms with E-state index in [1.165, 1.54) is 12.3 Å². The second-order valence-electron chi connectivity index (χ2n) is 2.51. The minimum absolute atomic E-state index is 0.219. The van der Waals surface area contributed by atoms with Crippen molar-refractivity contribution in [1.29, 1.82) is 0 Å². The van der Waals surface area contributed by atoms with Crippen molar-refractivity contribution in [1.82, 2.24) is 14.6 Å². The number of carboxylic acid groups (broad SMARTS) is 1. The molecule has 6 heteroatoms. The molecule has 0 amide bonds. The monoisotopic (exact) mass is 207 g/mol. The molecule has 0 unspecified atom stereocenters. The maximum atomic E-state index is 10.6. The first-order valence-electron chi connectivity index (χ1n) is 3.74. The van der Waals surface area contributed by atoms with E-state index in [1.807, 2.05) is 0 Å². The van der Waals surface area contributed by atoms with Crippen LogP contribution in [0.1, 0.15) is 9.67 Å². The summed E-state index contributed by atoms with van der Waals surface area (Å²) in [6, 6.07) is 3.25. The summed E-state index contributed by atoms with van der Waals surface area (Å²) in [6.45, 7) is 0. The highest BCUT2D eigenvalue weighted by atomic mass is 32.1. The van der Waals surface area contributed by atoms with E-state index in [0.717, 1.165) is 17.1 Å². The highest BCUT2D eigenvalue weighted by Crippen LogP contribution is 2.20. The number of nitrogens with zero attached hydrogens (tertiary/aromatic N) is 3. The summed E-state index contributed by atoms with van der Waals surface area (Å²) in [5, 5.41) is 16.0. The molecule has 2 aromatic rings. The molecule has 0 atom stereocenters. The lowest BCUT2D eigenvalue weighted by atomic mass is 10.2. The van der Waals surface area contributed by atoms with Crippen LogP contribution in [0.5, 0.6) is 0 Å². The van der Waals surface area contributed by atoms with Crippen LogP contribution in [0.15, 0.2) is 24.5 Å². The molecule has 0 aliphatic rings. The third kappa shape index (κ3) is 1.60. The van der Waals surface area contributed by atoms with Gasteiger partial charge in [-0.1, -0.05) is 0 Å². The minimum Gasteiger partial charge on any atom is -0.477 e. The topological polar surface area (TPSA) is 76.0 Å². The van der Waals surface area contributed by atoms with Crippen LogP contribution in [-0.2, 0) is 0 Å². The van der Waals surface area contributed by atoms with Crippen LogP contribution in [0.2, 0.25) is 0 Å². The van der Waals surface area contributed by atoms with Gasteiger partial charge in [-0.25, -0.2) is 4.79 Å². The number of hydrogen-bond donors (Lipinski definition) is 1. The lowest BCUT2D eigenvalue weighted by Gasteiger charge is -1.90. The average molecular weight is 207 g/mol. The van der Waals surface area contributed by atoms with E-state index in [2.05, 4.69) is 14.6 Å².